The monoisotopic (exact) mass is 257 g/mol. The first-order valence-corrected chi connectivity index (χ1v) is 6.06. The second-order valence-electron chi connectivity index (χ2n) is 4.39. The van der Waals surface area contributed by atoms with E-state index in [-0.39, 0.29) is 11.3 Å². The van der Waals surface area contributed by atoms with E-state index in [4.69, 9.17) is 0 Å². The van der Waals surface area contributed by atoms with Crippen LogP contribution in [0.3, 0.4) is 0 Å². The smallest absolute Gasteiger partial charge is 0.265 e. The number of hydrogen-bond donors (Lipinski definition) is 1. The summed E-state index contributed by atoms with van der Waals surface area (Å²) >= 11 is 0. The third-order valence-corrected chi connectivity index (χ3v) is 3.11. The van der Waals surface area contributed by atoms with Crippen LogP contribution in [0, 0.1) is 6.92 Å². The number of benzene rings is 1. The lowest BCUT2D eigenvalue weighted by Crippen LogP contribution is -2.26. The molecule has 1 N–H and O–H groups in total. The van der Waals surface area contributed by atoms with E-state index in [1.165, 1.54) is 10.6 Å². The Bertz CT molecular complexity index is 644. The van der Waals surface area contributed by atoms with Gasteiger partial charge in [-0.2, -0.15) is 0 Å². The van der Waals surface area contributed by atoms with Gasteiger partial charge >= 0.3 is 0 Å². The lowest BCUT2D eigenvalue weighted by atomic mass is 10.1. The second-order valence-corrected chi connectivity index (χ2v) is 4.39. The second kappa shape index (κ2) is 5.52. The SMILES string of the molecule is Cc1cc(O)c(C=O)c(=O)n1CCc1ccccc1. The fourth-order valence-electron chi connectivity index (χ4n) is 2.04. The molecule has 98 valence electrons. The van der Waals surface area contributed by atoms with Crippen molar-refractivity contribution in [3.8, 4) is 5.75 Å². The summed E-state index contributed by atoms with van der Waals surface area (Å²) in [6.07, 6.45) is 1.10. The van der Waals surface area contributed by atoms with Gasteiger partial charge in [-0.25, -0.2) is 0 Å². The number of pyridine rings is 1. The summed E-state index contributed by atoms with van der Waals surface area (Å²) in [6, 6.07) is 11.2. The van der Waals surface area contributed by atoms with Gasteiger partial charge in [-0.1, -0.05) is 30.3 Å². The minimum absolute atomic E-state index is 0.182. The molecule has 0 aliphatic rings. The minimum Gasteiger partial charge on any atom is -0.507 e. The molecule has 0 unspecified atom stereocenters. The quantitative estimate of drug-likeness (QED) is 0.851. The van der Waals surface area contributed by atoms with Gasteiger partial charge in [0.15, 0.2) is 6.29 Å². The molecule has 2 aromatic rings. The standard InChI is InChI=1S/C15H15NO3/c1-11-9-14(18)13(10-17)15(19)16(11)8-7-12-5-3-2-4-6-12/h2-6,9-10,18H,7-8H2,1H3. The van der Waals surface area contributed by atoms with Gasteiger partial charge in [-0.3, -0.25) is 9.59 Å². The molecule has 0 saturated heterocycles. The van der Waals surface area contributed by atoms with Gasteiger partial charge in [0.1, 0.15) is 11.3 Å². The van der Waals surface area contributed by atoms with Gasteiger partial charge in [0.05, 0.1) is 0 Å². The summed E-state index contributed by atoms with van der Waals surface area (Å²) in [6.45, 7) is 2.22. The molecule has 0 spiro atoms. The topological polar surface area (TPSA) is 59.3 Å². The molecular formula is C15H15NO3. The first-order valence-electron chi connectivity index (χ1n) is 6.06. The Morgan fingerprint density at radius 3 is 2.58 bits per heavy atom. The summed E-state index contributed by atoms with van der Waals surface area (Å²) in [5.74, 6) is -0.256. The zero-order valence-electron chi connectivity index (χ0n) is 10.7. The van der Waals surface area contributed by atoms with E-state index in [0.717, 1.165) is 5.56 Å². The van der Waals surface area contributed by atoms with Crippen molar-refractivity contribution < 1.29 is 9.90 Å². The molecule has 0 fully saturated rings. The molecule has 0 atom stereocenters. The molecule has 19 heavy (non-hydrogen) atoms. The summed E-state index contributed by atoms with van der Waals surface area (Å²) in [7, 11) is 0. The van der Waals surface area contributed by atoms with Crippen molar-refractivity contribution in [2.24, 2.45) is 0 Å². The zero-order valence-corrected chi connectivity index (χ0v) is 10.7. The first kappa shape index (κ1) is 13.1. The first-order chi connectivity index (χ1) is 9.13. The van der Waals surface area contributed by atoms with Gasteiger partial charge in [-0.15, -0.1) is 0 Å². The van der Waals surface area contributed by atoms with Gasteiger partial charge in [-0.05, 0) is 18.9 Å². The Morgan fingerprint density at radius 2 is 1.95 bits per heavy atom. The fourth-order valence-corrected chi connectivity index (χ4v) is 2.04. The molecule has 4 heteroatoms. The molecule has 1 heterocycles. The van der Waals surface area contributed by atoms with Crippen LogP contribution in [0.15, 0.2) is 41.2 Å². The van der Waals surface area contributed by atoms with Crippen LogP contribution in [-0.2, 0) is 13.0 Å². The van der Waals surface area contributed by atoms with Crippen molar-refractivity contribution in [1.82, 2.24) is 4.57 Å². The van der Waals surface area contributed by atoms with Crippen LogP contribution in [0.4, 0.5) is 0 Å². The van der Waals surface area contributed by atoms with Crippen LogP contribution in [-0.4, -0.2) is 16.0 Å². The Kier molecular flexibility index (Phi) is 3.80. The van der Waals surface area contributed by atoms with E-state index in [1.807, 2.05) is 30.3 Å². The maximum Gasteiger partial charge on any atom is 0.265 e. The predicted molar refractivity (Wildman–Crippen MR) is 72.6 cm³/mol. The largest absolute Gasteiger partial charge is 0.507 e. The lowest BCUT2D eigenvalue weighted by molar-refractivity contribution is 0.111. The van der Waals surface area contributed by atoms with E-state index in [0.29, 0.717) is 24.9 Å². The average Bonchev–Trinajstić information content (AvgIpc) is 2.39. The molecule has 0 aliphatic heterocycles. The molecule has 1 aromatic heterocycles. The Balaban J connectivity index is 2.31. The molecule has 0 radical (unpaired) electrons. The zero-order chi connectivity index (χ0) is 13.8. The van der Waals surface area contributed by atoms with E-state index in [2.05, 4.69) is 0 Å². The normalized spacial score (nSPS) is 10.4. The average molecular weight is 257 g/mol. The Labute approximate surface area is 110 Å². The third kappa shape index (κ3) is 2.73. The number of aldehydes is 1. The van der Waals surface area contributed by atoms with Crippen molar-refractivity contribution in [2.75, 3.05) is 0 Å². The number of rotatable bonds is 4. The van der Waals surface area contributed by atoms with Crippen molar-refractivity contribution >= 4 is 6.29 Å². The van der Waals surface area contributed by atoms with Gasteiger partial charge in [0.25, 0.3) is 5.56 Å². The maximum atomic E-state index is 12.0. The maximum absolute atomic E-state index is 12.0. The summed E-state index contributed by atoms with van der Waals surface area (Å²) < 4.78 is 1.51. The minimum atomic E-state index is -0.441. The fraction of sp³-hybridized carbons (Fsp3) is 0.200. The molecule has 2 rings (SSSR count). The van der Waals surface area contributed by atoms with E-state index in [1.54, 1.807) is 6.92 Å². The van der Waals surface area contributed by atoms with Crippen molar-refractivity contribution in [2.45, 2.75) is 19.9 Å². The van der Waals surface area contributed by atoms with E-state index >= 15 is 0 Å². The van der Waals surface area contributed by atoms with Crippen molar-refractivity contribution in [1.29, 1.82) is 0 Å². The highest BCUT2D eigenvalue weighted by molar-refractivity contribution is 5.78. The van der Waals surface area contributed by atoms with E-state index < -0.39 is 5.56 Å². The Morgan fingerprint density at radius 1 is 1.26 bits per heavy atom. The van der Waals surface area contributed by atoms with E-state index in [9.17, 15) is 14.7 Å². The summed E-state index contributed by atoms with van der Waals surface area (Å²) in [5, 5.41) is 9.54. The van der Waals surface area contributed by atoms with Crippen LogP contribution in [0.25, 0.3) is 0 Å². The number of nitrogens with zero attached hydrogens (tertiary/aromatic N) is 1. The lowest BCUT2D eigenvalue weighted by Gasteiger charge is -2.11. The molecule has 0 amide bonds. The number of carbonyl (C=O) groups is 1. The number of aryl methyl sites for hydroxylation is 2. The highest BCUT2D eigenvalue weighted by atomic mass is 16.3. The highest BCUT2D eigenvalue weighted by Crippen LogP contribution is 2.13. The molecule has 4 nitrogen and oxygen atoms in total. The molecule has 1 aromatic carbocycles. The van der Waals surface area contributed by atoms with Crippen molar-refractivity contribution in [3.05, 3.63) is 63.6 Å². The molecule has 0 saturated carbocycles. The van der Waals surface area contributed by atoms with Crippen molar-refractivity contribution in [3.63, 3.8) is 0 Å². The van der Waals surface area contributed by atoms with Gasteiger partial charge < -0.3 is 9.67 Å². The Hall–Kier alpha value is -2.36. The summed E-state index contributed by atoms with van der Waals surface area (Å²) in [5.41, 5.74) is 1.14. The number of carbonyl (C=O) groups excluding carboxylic acids is 1. The van der Waals surface area contributed by atoms with Crippen LogP contribution in [0.5, 0.6) is 5.75 Å². The van der Waals surface area contributed by atoms with Crippen LogP contribution in [0.2, 0.25) is 0 Å². The number of hydrogen-bond acceptors (Lipinski definition) is 3. The number of aromatic hydroxyl groups is 1. The highest BCUT2D eigenvalue weighted by Gasteiger charge is 2.11. The third-order valence-electron chi connectivity index (χ3n) is 3.11. The van der Waals surface area contributed by atoms with Crippen LogP contribution in [0.1, 0.15) is 21.6 Å². The molecule has 0 aliphatic carbocycles. The van der Waals surface area contributed by atoms with Crippen LogP contribution < -0.4 is 5.56 Å². The predicted octanol–water partition coefficient (Wildman–Crippen LogP) is 1.92. The molecular weight excluding hydrogens is 242 g/mol. The molecule has 0 bridgehead atoms. The number of aromatic nitrogens is 1. The van der Waals surface area contributed by atoms with Crippen LogP contribution >= 0.6 is 0 Å². The summed E-state index contributed by atoms with van der Waals surface area (Å²) in [4.78, 5) is 22.8. The van der Waals surface area contributed by atoms with Gasteiger partial charge in [0.2, 0.25) is 0 Å². The van der Waals surface area contributed by atoms with Gasteiger partial charge in [0, 0.05) is 18.3 Å².